The van der Waals surface area contributed by atoms with E-state index in [9.17, 15) is 90.8 Å². The van der Waals surface area contributed by atoms with Gasteiger partial charge in [-0.2, -0.15) is 0 Å². The van der Waals surface area contributed by atoms with Crippen molar-refractivity contribution in [3.05, 3.63) is 205 Å². The molecule has 21 nitrogen and oxygen atoms in total. The van der Waals surface area contributed by atoms with Crippen LogP contribution in [0, 0.1) is 0 Å². The Balaban J connectivity index is 0.000000885. The van der Waals surface area contributed by atoms with Crippen LogP contribution in [0.1, 0.15) is 0 Å². The van der Waals surface area contributed by atoms with E-state index in [0.717, 1.165) is 0 Å². The second-order valence-corrected chi connectivity index (χ2v) is 26.1. The van der Waals surface area contributed by atoms with Crippen LogP contribution in [0.5, 0.6) is 0 Å². The van der Waals surface area contributed by atoms with Crippen molar-refractivity contribution in [3.8, 4) is 0 Å². The monoisotopic (exact) mass is 1520 g/mol. The molecule has 0 aliphatic carbocycles. The quantitative estimate of drug-likeness (QED) is 0.135. The summed E-state index contributed by atoms with van der Waals surface area (Å²) >= 11 is 38.3. The zero-order valence-electron chi connectivity index (χ0n) is 37.6. The van der Waals surface area contributed by atoms with Gasteiger partial charge in [0.2, 0.25) is 0 Å². The molecule has 0 saturated heterocycles. The van der Waals surface area contributed by atoms with E-state index >= 15 is 0 Å². The van der Waals surface area contributed by atoms with Crippen molar-refractivity contribution in [2.75, 3.05) is 0 Å². The largest absolute Gasteiger partial charge is 7.00 e. The fraction of sp³-hybridized carbons (Fsp3) is 0. The van der Waals surface area contributed by atoms with Crippen LogP contribution in [0.3, 0.4) is 0 Å². The first-order chi connectivity index (χ1) is 35.0. The summed E-state index contributed by atoms with van der Waals surface area (Å²) in [5.41, 5.74) is 0. The van der Waals surface area contributed by atoms with Crippen LogP contribution >= 0.6 is 81.2 Å². The summed E-state index contributed by atoms with van der Waals surface area (Å²) in [7, 11) is -30.3. The summed E-state index contributed by atoms with van der Waals surface area (Å²) in [5.74, 6) is 0. The predicted molar refractivity (Wildman–Crippen MR) is 276 cm³/mol. The normalized spacial score (nSPS) is 11.3. The van der Waals surface area contributed by atoms with Crippen molar-refractivity contribution >= 4 is 152 Å². The topological polar surface area (TPSA) is 400 Å². The Morgan fingerprint density at radius 3 is 0.295 bits per heavy atom. The Labute approximate surface area is 497 Å². The molecule has 0 radical (unpaired) electrons. The van der Waals surface area contributed by atoms with Gasteiger partial charge in [0.1, 0.15) is 70.8 Å². The maximum Gasteiger partial charge on any atom is 7.00 e. The summed E-state index contributed by atoms with van der Waals surface area (Å²) in [6, 6.07) is 35.3. The van der Waals surface area contributed by atoms with Gasteiger partial charge in [-0.1, -0.05) is 81.2 Å². The van der Waals surface area contributed by atoms with Gasteiger partial charge in [-0.25, -0.2) is 58.9 Å². The Kier molecular flexibility index (Phi) is 31.5. The molecule has 0 fully saturated rings. The maximum absolute atomic E-state index is 10.3. The number of benzene rings is 7. The van der Waals surface area contributed by atoms with E-state index in [2.05, 4.69) is 0 Å². The van der Waals surface area contributed by atoms with E-state index in [0.29, 0.717) is 35.2 Å². The Morgan fingerprint density at radius 2 is 0.244 bits per heavy atom. The minimum atomic E-state index is -4.33. The van der Waals surface area contributed by atoms with Crippen molar-refractivity contribution in [1.82, 2.24) is 0 Å². The first-order valence-corrected chi connectivity index (χ1v) is 31.5. The molecule has 420 valence electrons. The van der Waals surface area contributed by atoms with E-state index in [1.54, 1.807) is 0 Å². The third-order valence-corrected chi connectivity index (χ3v) is 15.4. The van der Waals surface area contributed by atoms with Crippen molar-refractivity contribution in [2.45, 2.75) is 34.3 Å². The molecule has 7 rings (SSSR count). The van der Waals surface area contributed by atoms with Crippen molar-refractivity contribution < 1.29 is 111 Å². The van der Waals surface area contributed by atoms with Crippen molar-refractivity contribution in [1.29, 1.82) is 0 Å². The minimum Gasteiger partial charge on any atom is -0.744 e. The van der Waals surface area contributed by atoms with E-state index in [4.69, 9.17) is 81.2 Å². The first-order valence-electron chi connectivity index (χ1n) is 19.0. The molecule has 0 aliphatic rings. The second kappa shape index (κ2) is 32.9. The summed E-state index contributed by atoms with van der Waals surface area (Å²) in [5, 5.41) is 2.80. The van der Waals surface area contributed by atoms with Gasteiger partial charge < -0.3 is 31.9 Å². The van der Waals surface area contributed by atoms with Crippen LogP contribution in [-0.2, 0) is 91.2 Å². The van der Waals surface area contributed by atoms with Crippen molar-refractivity contribution in [3.63, 3.8) is 0 Å². The zero-order chi connectivity index (χ0) is 59.4. The fourth-order valence-electron chi connectivity index (χ4n) is 4.21. The van der Waals surface area contributed by atoms with E-state index in [-0.39, 0.29) is 54.7 Å². The molecule has 0 amide bonds. The standard InChI is InChI=1S/7C6H5ClO3S.Re/c7*7-5-1-3-6(4-2-5)11(8,9)10;/h7*1-4H,(H,8,9,10);/q;;;;;;;+7/p-7. The summed E-state index contributed by atoms with van der Waals surface area (Å²) in [6.45, 7) is 0. The second-order valence-electron chi connectivity index (χ2n) is 13.4. The summed E-state index contributed by atoms with van der Waals surface area (Å²) < 4.78 is 217. The molecule has 0 bridgehead atoms. The van der Waals surface area contributed by atoms with Gasteiger partial charge >= 0.3 is 20.4 Å². The molecule has 0 heterocycles. The van der Waals surface area contributed by atoms with Gasteiger partial charge in [-0.15, -0.1) is 0 Å². The van der Waals surface area contributed by atoms with Crippen LogP contribution in [0.4, 0.5) is 0 Å². The third kappa shape index (κ3) is 31.6. The molecule has 0 unspecified atom stereocenters. The number of hydrogen-bond acceptors (Lipinski definition) is 21. The summed E-state index contributed by atoms with van der Waals surface area (Å²) in [4.78, 5) is -1.83. The smallest absolute Gasteiger partial charge is 0.744 e. The van der Waals surface area contributed by atoms with E-state index in [1.165, 1.54) is 170 Å². The van der Waals surface area contributed by atoms with Crippen LogP contribution in [0.25, 0.3) is 0 Å². The van der Waals surface area contributed by atoms with Gasteiger partial charge in [0.05, 0.1) is 34.3 Å². The Bertz CT molecular complexity index is 3110. The van der Waals surface area contributed by atoms with Gasteiger partial charge in [0, 0.05) is 35.2 Å². The number of halogens is 7. The Morgan fingerprint density at radius 1 is 0.179 bits per heavy atom. The number of rotatable bonds is 7. The third-order valence-electron chi connectivity index (χ3n) is 7.72. The average molecular weight is 1530 g/mol. The minimum absolute atomic E-state index is 0. The first kappa shape index (κ1) is 74.6. The average Bonchev–Trinajstić information content (AvgIpc) is 3.29. The predicted octanol–water partition coefficient (Wildman–Crippen LogP) is 8.71. The molecule has 36 heteroatoms. The fourth-order valence-corrected chi connectivity index (χ4v) is 8.38. The molecular formula is C42H28Cl7O21ReS7. The summed E-state index contributed by atoms with van der Waals surface area (Å²) in [6.07, 6.45) is 0. The molecular weight excluding hydrogens is 1500 g/mol. The van der Waals surface area contributed by atoms with Crippen LogP contribution in [-0.4, -0.2) is 90.8 Å². The maximum atomic E-state index is 10.3. The van der Waals surface area contributed by atoms with E-state index in [1.807, 2.05) is 0 Å². The van der Waals surface area contributed by atoms with E-state index < -0.39 is 70.8 Å². The molecule has 0 saturated carbocycles. The molecule has 0 aliphatic heterocycles. The SMILES string of the molecule is O=S(=O)([O-])c1ccc(Cl)cc1.O=S(=O)([O-])c1ccc(Cl)cc1.O=S(=O)([O-])c1ccc(Cl)cc1.O=S(=O)([O-])c1ccc(Cl)cc1.O=S(=O)([O-])c1ccc(Cl)cc1.O=S(=O)([O-])c1ccc(Cl)cc1.O=S(=O)([O-])c1ccc(Cl)cc1.[Re+7]. The van der Waals surface area contributed by atoms with Gasteiger partial charge in [-0.3, -0.25) is 0 Å². The molecule has 7 aromatic carbocycles. The molecule has 78 heavy (non-hydrogen) atoms. The number of hydrogen-bond donors (Lipinski definition) is 0. The molecule has 0 N–H and O–H groups in total. The molecule has 0 aromatic heterocycles. The Hall–Kier alpha value is -3.40. The van der Waals surface area contributed by atoms with Gasteiger partial charge in [0.15, 0.2) is 0 Å². The zero-order valence-corrected chi connectivity index (χ0v) is 51.3. The van der Waals surface area contributed by atoms with Crippen LogP contribution in [0.15, 0.2) is 204 Å². The van der Waals surface area contributed by atoms with Gasteiger partial charge in [0.25, 0.3) is 0 Å². The molecule has 7 aromatic rings. The molecule has 0 spiro atoms. The molecule has 0 atom stereocenters. The van der Waals surface area contributed by atoms with Crippen molar-refractivity contribution in [2.24, 2.45) is 0 Å². The van der Waals surface area contributed by atoms with Crippen LogP contribution in [0.2, 0.25) is 35.2 Å². The van der Waals surface area contributed by atoms with Gasteiger partial charge in [-0.05, 0) is 170 Å². The van der Waals surface area contributed by atoms with Crippen LogP contribution < -0.4 is 0 Å².